The third-order valence-electron chi connectivity index (χ3n) is 17.5. The van der Waals surface area contributed by atoms with Gasteiger partial charge in [-0.05, 0) is 137 Å². The van der Waals surface area contributed by atoms with Crippen LogP contribution in [0.2, 0.25) is 0 Å². The molecule has 0 saturated carbocycles. The number of hydrogen-bond acceptors (Lipinski definition) is 2. The zero-order valence-corrected chi connectivity index (χ0v) is 48.0. The Bertz CT molecular complexity index is 5220. The molecule has 0 aliphatic carbocycles. The van der Waals surface area contributed by atoms with Crippen molar-refractivity contribution in [2.45, 2.75) is 84.0 Å². The Morgan fingerprint density at radius 1 is 0.398 bits per heavy atom. The fourth-order valence-corrected chi connectivity index (χ4v) is 13.4. The Morgan fingerprint density at radius 3 is 1.59 bits per heavy atom. The molecule has 3 nitrogen and oxygen atoms in total. The molecule has 83 heavy (non-hydrogen) atoms. The van der Waals surface area contributed by atoms with Crippen molar-refractivity contribution >= 4 is 62.0 Å². The number of benzene rings is 11. The van der Waals surface area contributed by atoms with E-state index < -0.39 is 78.6 Å². The lowest BCUT2D eigenvalue weighted by molar-refractivity contribution is 0.435. The Labute approximate surface area is 507 Å². The summed E-state index contributed by atoms with van der Waals surface area (Å²) in [5, 5.41) is -0.138. The van der Waals surface area contributed by atoms with Crippen LogP contribution in [-0.4, -0.2) is 11.3 Å². The fourth-order valence-electron chi connectivity index (χ4n) is 13.4. The summed E-state index contributed by atoms with van der Waals surface area (Å²) in [5.74, 6) is 1.03. The third-order valence-corrected chi connectivity index (χ3v) is 17.5. The van der Waals surface area contributed by atoms with Crippen LogP contribution >= 0.6 is 0 Å². The number of rotatable bonds is 5. The van der Waals surface area contributed by atoms with Crippen LogP contribution in [0.1, 0.15) is 119 Å². The topological polar surface area (TPSA) is 17.4 Å². The second-order valence-corrected chi connectivity index (χ2v) is 25.5. The van der Waals surface area contributed by atoms with Gasteiger partial charge in [-0.15, -0.1) is 0 Å². The van der Waals surface area contributed by atoms with Crippen LogP contribution in [0.5, 0.6) is 11.5 Å². The highest BCUT2D eigenvalue weighted by atomic mass is 16.5. The number of aromatic nitrogens is 1. The third kappa shape index (κ3) is 7.86. The molecule has 0 atom stereocenters. The SMILES string of the molecule is [2H]c1c([2H])c([2H])c(-c2ccc3c(c2)C2(c4ccccc4Oc4ccccc42)c2cc(-n4c5c([2H])c([2H])c([2H])c([2H])c5c5c([2H])c([2H])c([2H])c([2H])c54)cc4c2B3c2ccc(-c3cc(C(C)(C)C)cc(C(C)(C)C)c3)cc2N4c2ccc(C(C)(C)C)cc2-c2ccccc2)c([2H])c1[2H]. The van der Waals surface area contributed by atoms with Crippen molar-refractivity contribution < 1.29 is 22.6 Å². The molecule has 402 valence electrons. The smallest absolute Gasteiger partial charge is 0.247 e. The van der Waals surface area contributed by atoms with E-state index in [2.05, 4.69) is 134 Å². The number of anilines is 3. The molecule has 0 saturated heterocycles. The van der Waals surface area contributed by atoms with Gasteiger partial charge in [0.1, 0.15) is 11.5 Å². The Hall–Kier alpha value is -9.12. The van der Waals surface area contributed by atoms with Gasteiger partial charge in [0.25, 0.3) is 0 Å². The first-order valence-electron chi connectivity index (χ1n) is 35.0. The van der Waals surface area contributed by atoms with E-state index in [1.807, 2.05) is 97.1 Å². The molecule has 4 heterocycles. The molecule has 3 aliphatic rings. The summed E-state index contributed by atoms with van der Waals surface area (Å²) in [6.45, 7) is 19.3. The molecular weight excluding hydrogens is 1000 g/mol. The van der Waals surface area contributed by atoms with Crippen LogP contribution in [0.15, 0.2) is 242 Å². The lowest BCUT2D eigenvalue weighted by Gasteiger charge is -2.50. The average molecular weight is 1080 g/mol. The van der Waals surface area contributed by atoms with Gasteiger partial charge in [-0.3, -0.25) is 0 Å². The standard InChI is InChI=1S/C79H67BN2O/c1-76(2,3)55-38-41-70(61(47-55)51-26-14-11-15-27-51)82-71-45-53(54-42-56(77(4,5)6)46-57(43-54)78(7,8)9)37-40-67(71)80-66-39-36-52(50-24-12-10-13-25-50)44-64(66)79(62-30-18-22-34-73(62)83-74-35-23-19-31-63(74)79)65-48-58(49-72(82)75(65)80)81-68-32-20-16-28-59(68)60-29-17-21-33-69(60)81/h10-49H,1-9H3/i10D,12D,13D,16D,17D,20D,21D,24D,25D,28D,29D,32D,33D. The Morgan fingerprint density at radius 2 is 0.964 bits per heavy atom. The molecule has 0 fully saturated rings. The molecule has 0 amide bonds. The van der Waals surface area contributed by atoms with E-state index in [1.165, 1.54) is 11.1 Å². The first kappa shape index (κ1) is 38.6. The molecule has 15 rings (SSSR count). The van der Waals surface area contributed by atoms with E-state index in [-0.39, 0.29) is 55.7 Å². The first-order valence-corrected chi connectivity index (χ1v) is 28.5. The zero-order chi connectivity index (χ0) is 68.0. The monoisotopic (exact) mass is 1080 g/mol. The van der Waals surface area contributed by atoms with Crippen LogP contribution in [0.25, 0.3) is 60.9 Å². The number of ether oxygens (including phenoxy) is 1. The van der Waals surface area contributed by atoms with Gasteiger partial charge in [0.05, 0.1) is 40.0 Å². The maximum atomic E-state index is 9.94. The molecule has 12 aromatic rings. The maximum absolute atomic E-state index is 9.94. The van der Waals surface area contributed by atoms with Gasteiger partial charge in [0.2, 0.25) is 6.71 Å². The van der Waals surface area contributed by atoms with E-state index in [4.69, 9.17) is 11.6 Å². The van der Waals surface area contributed by atoms with Crippen molar-refractivity contribution in [2.24, 2.45) is 0 Å². The van der Waals surface area contributed by atoms with E-state index >= 15 is 0 Å². The molecule has 0 bridgehead atoms. The summed E-state index contributed by atoms with van der Waals surface area (Å²) in [6, 6.07) is 49.7. The number of para-hydroxylation sites is 4. The zero-order valence-electron chi connectivity index (χ0n) is 61.0. The predicted molar refractivity (Wildman–Crippen MR) is 351 cm³/mol. The summed E-state index contributed by atoms with van der Waals surface area (Å²) in [6.07, 6.45) is 0. The van der Waals surface area contributed by atoms with Crippen LogP contribution in [-0.2, 0) is 21.7 Å². The van der Waals surface area contributed by atoms with Gasteiger partial charge < -0.3 is 14.2 Å². The quantitative estimate of drug-likeness (QED) is 0.160. The van der Waals surface area contributed by atoms with Crippen LogP contribution in [0.3, 0.4) is 0 Å². The molecular formula is C79H67BN2O. The highest BCUT2D eigenvalue weighted by Gasteiger charge is 2.55. The highest BCUT2D eigenvalue weighted by Crippen LogP contribution is 2.58. The molecule has 4 heteroatoms. The van der Waals surface area contributed by atoms with Crippen molar-refractivity contribution in [1.82, 2.24) is 4.57 Å². The van der Waals surface area contributed by atoms with Crippen molar-refractivity contribution in [2.75, 3.05) is 4.90 Å². The largest absolute Gasteiger partial charge is 0.457 e. The maximum Gasteiger partial charge on any atom is 0.247 e. The van der Waals surface area contributed by atoms with Crippen molar-refractivity contribution in [1.29, 1.82) is 0 Å². The molecule has 0 N–H and O–H groups in total. The molecule has 0 unspecified atom stereocenters. The van der Waals surface area contributed by atoms with Gasteiger partial charge in [0.15, 0.2) is 0 Å². The molecule has 3 aliphatic heterocycles. The van der Waals surface area contributed by atoms with E-state index in [1.54, 1.807) is 4.57 Å². The molecule has 1 spiro atoms. The minimum absolute atomic E-state index is 0.0143. The number of fused-ring (bicyclic) bond motifs is 13. The van der Waals surface area contributed by atoms with E-state index in [0.29, 0.717) is 50.7 Å². The second kappa shape index (κ2) is 18.4. The van der Waals surface area contributed by atoms with Crippen molar-refractivity contribution in [3.8, 4) is 50.6 Å². The van der Waals surface area contributed by atoms with E-state index in [0.717, 1.165) is 55.6 Å². The molecule has 1 aromatic heterocycles. The number of nitrogens with zero attached hydrogens (tertiary/aromatic N) is 2. The van der Waals surface area contributed by atoms with E-state index in [9.17, 15) is 11.0 Å². The van der Waals surface area contributed by atoms with Gasteiger partial charge in [-0.25, -0.2) is 0 Å². The normalized spacial score (nSPS) is 16.2. The minimum atomic E-state index is -1.45. The summed E-state index contributed by atoms with van der Waals surface area (Å²) in [5.41, 5.74) is 13.3. The Balaban J connectivity index is 1.20. The van der Waals surface area contributed by atoms with Crippen LogP contribution in [0, 0.1) is 0 Å². The summed E-state index contributed by atoms with van der Waals surface area (Å²) >= 11 is 0. The highest BCUT2D eigenvalue weighted by molar-refractivity contribution is 6.99. The van der Waals surface area contributed by atoms with Gasteiger partial charge in [0, 0.05) is 44.5 Å². The predicted octanol–water partition coefficient (Wildman–Crippen LogP) is 18.8. The van der Waals surface area contributed by atoms with Gasteiger partial charge in [-0.2, -0.15) is 0 Å². The summed E-state index contributed by atoms with van der Waals surface area (Å²) in [7, 11) is 0. The van der Waals surface area contributed by atoms with Gasteiger partial charge in [-0.1, -0.05) is 256 Å². The lowest BCUT2D eigenvalue weighted by Crippen LogP contribution is -2.65. The number of hydrogen-bond donors (Lipinski definition) is 0. The molecule has 11 aromatic carbocycles. The average Bonchev–Trinajstić information content (AvgIpc) is 0.722. The Kier molecular flexibility index (Phi) is 8.57. The lowest BCUT2D eigenvalue weighted by atomic mass is 9.29. The molecule has 0 radical (unpaired) electrons. The summed E-state index contributed by atoms with van der Waals surface area (Å²) < 4.78 is 130. The van der Waals surface area contributed by atoms with Crippen LogP contribution in [0.4, 0.5) is 17.1 Å². The van der Waals surface area contributed by atoms with Crippen molar-refractivity contribution in [3.63, 3.8) is 0 Å². The second-order valence-electron chi connectivity index (χ2n) is 25.5. The van der Waals surface area contributed by atoms with Gasteiger partial charge >= 0.3 is 0 Å². The van der Waals surface area contributed by atoms with Crippen molar-refractivity contribution in [3.05, 3.63) is 281 Å². The fraction of sp³-hybridized carbons (Fsp3) is 0.165. The first-order chi connectivity index (χ1) is 45.4. The summed E-state index contributed by atoms with van der Waals surface area (Å²) in [4.78, 5) is 2.32. The van der Waals surface area contributed by atoms with Crippen LogP contribution < -0.4 is 26.0 Å². The minimum Gasteiger partial charge on any atom is -0.457 e.